The predicted molar refractivity (Wildman–Crippen MR) is 82.0 cm³/mol. The third-order valence-corrected chi connectivity index (χ3v) is 3.85. The molecule has 0 heterocycles. The van der Waals surface area contributed by atoms with Gasteiger partial charge in [-0.1, -0.05) is 31.9 Å². The van der Waals surface area contributed by atoms with E-state index in [1.54, 1.807) is 18.2 Å². The first-order valence-corrected chi connectivity index (χ1v) is 7.44. The Hall–Kier alpha value is -0.820. The van der Waals surface area contributed by atoms with Gasteiger partial charge < -0.3 is 0 Å². The Bertz CT molecular complexity index is 600. The lowest BCUT2D eigenvalue weighted by molar-refractivity contribution is 0.509. The van der Waals surface area contributed by atoms with Crippen molar-refractivity contribution in [3.63, 3.8) is 0 Å². The molecule has 1 unspecified atom stereocenters. The maximum atomic E-state index is 13.9. The van der Waals surface area contributed by atoms with Crippen molar-refractivity contribution in [3.8, 4) is 0 Å². The van der Waals surface area contributed by atoms with E-state index in [0.717, 1.165) is 10.0 Å². The summed E-state index contributed by atoms with van der Waals surface area (Å²) in [7, 11) is 0. The quantitative estimate of drug-likeness (QED) is 0.589. The maximum Gasteiger partial charge on any atom is 0.128 e. The lowest BCUT2D eigenvalue weighted by atomic mass is 9.99. The molecule has 1 atom stereocenters. The Kier molecular flexibility index (Phi) is 5.26. The van der Waals surface area contributed by atoms with Crippen LogP contribution in [0.5, 0.6) is 0 Å². The molecule has 0 amide bonds. The summed E-state index contributed by atoms with van der Waals surface area (Å²) in [6.45, 7) is 0. The number of benzene rings is 2. The smallest absolute Gasteiger partial charge is 0.128 e. The van der Waals surface area contributed by atoms with Gasteiger partial charge in [-0.15, -0.1) is 0 Å². The largest absolute Gasteiger partial charge is 0.271 e. The van der Waals surface area contributed by atoms with E-state index in [0.29, 0.717) is 16.5 Å². The third-order valence-electron chi connectivity index (χ3n) is 2.90. The van der Waals surface area contributed by atoms with E-state index in [1.165, 1.54) is 18.2 Å². The van der Waals surface area contributed by atoms with Gasteiger partial charge in [0.2, 0.25) is 0 Å². The number of hydrogen-bond donors (Lipinski definition) is 2. The zero-order chi connectivity index (χ0) is 14.7. The van der Waals surface area contributed by atoms with Crippen LogP contribution in [0.25, 0.3) is 0 Å². The molecule has 2 nitrogen and oxygen atoms in total. The molecular formula is C14H12Br2F2N2. The Balaban J connectivity index is 2.31. The summed E-state index contributed by atoms with van der Waals surface area (Å²) in [6, 6.07) is 8.76. The molecule has 20 heavy (non-hydrogen) atoms. The minimum absolute atomic E-state index is 0.347. The summed E-state index contributed by atoms with van der Waals surface area (Å²) in [5.74, 6) is 4.81. The molecule has 2 aromatic carbocycles. The Morgan fingerprint density at radius 2 is 1.80 bits per heavy atom. The van der Waals surface area contributed by atoms with E-state index < -0.39 is 6.04 Å². The topological polar surface area (TPSA) is 38.0 Å². The first-order valence-electron chi connectivity index (χ1n) is 5.85. The van der Waals surface area contributed by atoms with Crippen LogP contribution in [0.4, 0.5) is 8.78 Å². The highest BCUT2D eigenvalue weighted by atomic mass is 79.9. The van der Waals surface area contributed by atoms with Gasteiger partial charge in [-0.3, -0.25) is 11.3 Å². The Morgan fingerprint density at radius 3 is 2.45 bits per heavy atom. The summed E-state index contributed by atoms with van der Waals surface area (Å²) >= 11 is 6.53. The molecule has 0 bridgehead atoms. The third kappa shape index (κ3) is 3.85. The zero-order valence-electron chi connectivity index (χ0n) is 10.3. The van der Waals surface area contributed by atoms with E-state index in [2.05, 4.69) is 37.3 Å². The molecule has 0 aliphatic heterocycles. The highest BCUT2D eigenvalue weighted by Crippen LogP contribution is 2.25. The van der Waals surface area contributed by atoms with Gasteiger partial charge in [0.15, 0.2) is 0 Å². The molecule has 0 radical (unpaired) electrons. The van der Waals surface area contributed by atoms with E-state index >= 15 is 0 Å². The summed E-state index contributed by atoms with van der Waals surface area (Å²) in [4.78, 5) is 0. The zero-order valence-corrected chi connectivity index (χ0v) is 13.5. The number of hydrazine groups is 1. The molecule has 2 aromatic rings. The highest BCUT2D eigenvalue weighted by Gasteiger charge is 2.16. The monoisotopic (exact) mass is 404 g/mol. The standard InChI is InChI=1S/C14H12Br2F2N2/c15-9-1-2-13(18)12(7-9)14(20-19)5-8-3-10(16)6-11(17)4-8/h1-4,6-7,14,20H,5,19H2. The van der Waals surface area contributed by atoms with Crippen molar-refractivity contribution in [2.45, 2.75) is 12.5 Å². The van der Waals surface area contributed by atoms with Gasteiger partial charge in [-0.2, -0.15) is 0 Å². The first-order chi connectivity index (χ1) is 9.49. The fraction of sp³-hybridized carbons (Fsp3) is 0.143. The molecule has 0 saturated carbocycles. The lowest BCUT2D eigenvalue weighted by Gasteiger charge is -2.18. The molecule has 0 aliphatic rings. The van der Waals surface area contributed by atoms with Crippen LogP contribution in [0.1, 0.15) is 17.2 Å². The van der Waals surface area contributed by atoms with Crippen LogP contribution >= 0.6 is 31.9 Å². The Morgan fingerprint density at radius 1 is 1.05 bits per heavy atom. The van der Waals surface area contributed by atoms with Crippen LogP contribution in [0.3, 0.4) is 0 Å². The average molecular weight is 406 g/mol. The highest BCUT2D eigenvalue weighted by molar-refractivity contribution is 9.10. The summed E-state index contributed by atoms with van der Waals surface area (Å²) < 4.78 is 28.6. The van der Waals surface area contributed by atoms with Crippen LogP contribution < -0.4 is 11.3 Å². The van der Waals surface area contributed by atoms with Gasteiger partial charge in [0.1, 0.15) is 11.6 Å². The van der Waals surface area contributed by atoms with Gasteiger partial charge in [-0.05, 0) is 48.4 Å². The number of rotatable bonds is 4. The van der Waals surface area contributed by atoms with Crippen molar-refractivity contribution in [2.24, 2.45) is 5.84 Å². The number of nitrogens with one attached hydrogen (secondary N) is 1. The average Bonchev–Trinajstić information content (AvgIpc) is 2.38. The maximum absolute atomic E-state index is 13.9. The SMILES string of the molecule is NNC(Cc1cc(F)cc(Br)c1)c1cc(Br)ccc1F. The molecule has 0 saturated heterocycles. The van der Waals surface area contributed by atoms with Gasteiger partial charge >= 0.3 is 0 Å². The molecule has 0 aliphatic carbocycles. The second kappa shape index (κ2) is 6.76. The normalized spacial score (nSPS) is 12.4. The number of halogens is 4. The van der Waals surface area contributed by atoms with Crippen LogP contribution in [-0.2, 0) is 6.42 Å². The van der Waals surface area contributed by atoms with Crippen molar-refractivity contribution < 1.29 is 8.78 Å². The molecule has 0 aromatic heterocycles. The second-order valence-corrected chi connectivity index (χ2v) is 6.20. The van der Waals surface area contributed by atoms with Gasteiger partial charge in [-0.25, -0.2) is 8.78 Å². The number of hydrogen-bond acceptors (Lipinski definition) is 2. The van der Waals surface area contributed by atoms with Crippen molar-refractivity contribution in [2.75, 3.05) is 0 Å². The lowest BCUT2D eigenvalue weighted by Crippen LogP contribution is -2.30. The second-order valence-electron chi connectivity index (χ2n) is 4.37. The molecule has 3 N–H and O–H groups in total. The summed E-state index contributed by atoms with van der Waals surface area (Å²) in [5.41, 5.74) is 3.73. The molecule has 6 heteroatoms. The summed E-state index contributed by atoms with van der Waals surface area (Å²) in [5, 5.41) is 0. The minimum Gasteiger partial charge on any atom is -0.271 e. The van der Waals surface area contributed by atoms with Crippen molar-refractivity contribution in [3.05, 3.63) is 68.1 Å². The van der Waals surface area contributed by atoms with Gasteiger partial charge in [0.05, 0.1) is 6.04 Å². The first kappa shape index (κ1) is 15.6. The molecule has 0 fully saturated rings. The van der Waals surface area contributed by atoms with Crippen LogP contribution in [-0.4, -0.2) is 0 Å². The van der Waals surface area contributed by atoms with E-state index in [4.69, 9.17) is 5.84 Å². The van der Waals surface area contributed by atoms with Crippen molar-refractivity contribution in [1.29, 1.82) is 0 Å². The molecule has 0 spiro atoms. The molecule has 106 valence electrons. The minimum atomic E-state index is -0.443. The van der Waals surface area contributed by atoms with Crippen LogP contribution in [0, 0.1) is 11.6 Å². The van der Waals surface area contributed by atoms with E-state index in [-0.39, 0.29) is 11.6 Å². The van der Waals surface area contributed by atoms with Gasteiger partial charge in [0, 0.05) is 14.5 Å². The van der Waals surface area contributed by atoms with Crippen LogP contribution in [0.15, 0.2) is 45.3 Å². The van der Waals surface area contributed by atoms with Crippen molar-refractivity contribution in [1.82, 2.24) is 5.43 Å². The van der Waals surface area contributed by atoms with Gasteiger partial charge in [0.25, 0.3) is 0 Å². The van der Waals surface area contributed by atoms with E-state index in [9.17, 15) is 8.78 Å². The Labute approximate surface area is 132 Å². The number of nitrogens with two attached hydrogens (primary N) is 1. The van der Waals surface area contributed by atoms with Crippen LogP contribution in [0.2, 0.25) is 0 Å². The predicted octanol–water partition coefficient (Wildman–Crippen LogP) is 4.24. The molecular weight excluding hydrogens is 394 g/mol. The van der Waals surface area contributed by atoms with E-state index in [1.807, 2.05) is 0 Å². The van der Waals surface area contributed by atoms with Crippen molar-refractivity contribution >= 4 is 31.9 Å². The fourth-order valence-corrected chi connectivity index (χ4v) is 2.90. The molecule has 2 rings (SSSR count). The fourth-order valence-electron chi connectivity index (χ4n) is 2.00. The summed E-state index contributed by atoms with van der Waals surface area (Å²) in [6.07, 6.45) is 0.375.